The molecule has 0 aliphatic carbocycles. The SMILES string of the molecule is CCCNC(CCn1cc(C)cn1)C(=O)OC. The van der Waals surface area contributed by atoms with E-state index < -0.39 is 0 Å². The van der Waals surface area contributed by atoms with Crippen LogP contribution >= 0.6 is 0 Å². The van der Waals surface area contributed by atoms with Crippen molar-refractivity contribution in [3.05, 3.63) is 18.0 Å². The van der Waals surface area contributed by atoms with Gasteiger partial charge in [-0.05, 0) is 31.9 Å². The predicted octanol–water partition coefficient (Wildman–Crippen LogP) is 1.12. The number of ether oxygens (including phenoxy) is 1. The molecular weight excluding hydrogens is 218 g/mol. The monoisotopic (exact) mass is 239 g/mol. The Hall–Kier alpha value is -1.36. The molecule has 0 aromatic carbocycles. The van der Waals surface area contributed by atoms with Crippen molar-refractivity contribution in [2.75, 3.05) is 13.7 Å². The molecule has 0 fully saturated rings. The second-order valence-electron chi connectivity index (χ2n) is 4.10. The number of nitrogens with zero attached hydrogens (tertiary/aromatic N) is 2. The van der Waals surface area contributed by atoms with Crippen molar-refractivity contribution in [3.63, 3.8) is 0 Å². The number of rotatable bonds is 7. The van der Waals surface area contributed by atoms with E-state index in [0.29, 0.717) is 13.0 Å². The zero-order valence-electron chi connectivity index (χ0n) is 10.8. The summed E-state index contributed by atoms with van der Waals surface area (Å²) in [4.78, 5) is 11.5. The number of esters is 1. The highest BCUT2D eigenvalue weighted by atomic mass is 16.5. The van der Waals surface area contributed by atoms with Gasteiger partial charge in [0.05, 0.1) is 13.3 Å². The topological polar surface area (TPSA) is 56.2 Å². The molecule has 0 spiro atoms. The van der Waals surface area contributed by atoms with Crippen LogP contribution in [0.15, 0.2) is 12.4 Å². The molecule has 1 atom stereocenters. The molecule has 1 unspecified atom stereocenters. The summed E-state index contributed by atoms with van der Waals surface area (Å²) in [6.45, 7) is 5.59. The number of hydrogen-bond acceptors (Lipinski definition) is 4. The zero-order chi connectivity index (χ0) is 12.7. The standard InChI is InChI=1S/C12H21N3O2/c1-4-6-13-11(12(16)17-3)5-7-15-9-10(2)8-14-15/h8-9,11,13H,4-7H2,1-3H3. The molecule has 0 radical (unpaired) electrons. The predicted molar refractivity (Wildman–Crippen MR) is 65.7 cm³/mol. The summed E-state index contributed by atoms with van der Waals surface area (Å²) in [6, 6.07) is -0.246. The molecule has 0 amide bonds. The first-order chi connectivity index (χ1) is 8.17. The number of hydrogen-bond donors (Lipinski definition) is 1. The lowest BCUT2D eigenvalue weighted by atomic mass is 10.2. The van der Waals surface area contributed by atoms with E-state index in [9.17, 15) is 4.79 Å². The van der Waals surface area contributed by atoms with E-state index >= 15 is 0 Å². The lowest BCUT2D eigenvalue weighted by Gasteiger charge is -2.15. The minimum Gasteiger partial charge on any atom is -0.468 e. The Balaban J connectivity index is 2.45. The lowest BCUT2D eigenvalue weighted by Crippen LogP contribution is -2.38. The number of methoxy groups -OCH3 is 1. The van der Waals surface area contributed by atoms with Crippen molar-refractivity contribution in [3.8, 4) is 0 Å². The van der Waals surface area contributed by atoms with Gasteiger partial charge in [0, 0.05) is 12.7 Å². The molecule has 0 aliphatic heterocycles. The number of aryl methyl sites for hydroxylation is 2. The summed E-state index contributed by atoms with van der Waals surface area (Å²) in [6.07, 6.45) is 5.46. The maximum Gasteiger partial charge on any atom is 0.322 e. The van der Waals surface area contributed by atoms with E-state index in [0.717, 1.165) is 18.5 Å². The van der Waals surface area contributed by atoms with Gasteiger partial charge in [0.15, 0.2) is 0 Å². The number of aromatic nitrogens is 2. The third-order valence-corrected chi connectivity index (χ3v) is 2.54. The van der Waals surface area contributed by atoms with Crippen LogP contribution in [0.4, 0.5) is 0 Å². The van der Waals surface area contributed by atoms with Crippen LogP contribution < -0.4 is 5.32 Å². The molecule has 0 aliphatic rings. The third kappa shape index (κ3) is 4.56. The van der Waals surface area contributed by atoms with Crippen molar-refractivity contribution in [2.24, 2.45) is 0 Å². The zero-order valence-corrected chi connectivity index (χ0v) is 10.8. The Labute approximate surface area is 102 Å². The van der Waals surface area contributed by atoms with Gasteiger partial charge in [0.1, 0.15) is 6.04 Å². The van der Waals surface area contributed by atoms with Gasteiger partial charge in [-0.2, -0.15) is 5.10 Å². The Bertz CT molecular complexity index is 349. The van der Waals surface area contributed by atoms with Crippen LogP contribution in [0, 0.1) is 6.92 Å². The molecule has 1 rings (SSSR count). The van der Waals surface area contributed by atoms with E-state index in [2.05, 4.69) is 17.3 Å². The van der Waals surface area contributed by atoms with Crippen LogP contribution in [0.3, 0.4) is 0 Å². The summed E-state index contributed by atoms with van der Waals surface area (Å²) in [5.41, 5.74) is 1.13. The van der Waals surface area contributed by atoms with Crippen LogP contribution in [-0.2, 0) is 16.1 Å². The molecule has 96 valence electrons. The highest BCUT2D eigenvalue weighted by Crippen LogP contribution is 2.01. The van der Waals surface area contributed by atoms with Crippen molar-refractivity contribution in [1.29, 1.82) is 0 Å². The second kappa shape index (κ2) is 7.06. The van der Waals surface area contributed by atoms with Gasteiger partial charge in [0.25, 0.3) is 0 Å². The minimum absolute atomic E-state index is 0.206. The van der Waals surface area contributed by atoms with E-state index in [1.807, 2.05) is 24.0 Å². The first-order valence-corrected chi connectivity index (χ1v) is 5.97. The number of carbonyl (C=O) groups is 1. The quantitative estimate of drug-likeness (QED) is 0.724. The molecule has 1 aromatic heterocycles. The molecule has 17 heavy (non-hydrogen) atoms. The summed E-state index contributed by atoms with van der Waals surface area (Å²) in [7, 11) is 1.42. The molecule has 0 saturated carbocycles. The molecular formula is C12H21N3O2. The smallest absolute Gasteiger partial charge is 0.322 e. The van der Waals surface area contributed by atoms with Gasteiger partial charge in [-0.25, -0.2) is 0 Å². The summed E-state index contributed by atoms with van der Waals surface area (Å²) in [5.74, 6) is -0.206. The van der Waals surface area contributed by atoms with Crippen LogP contribution in [0.2, 0.25) is 0 Å². The van der Waals surface area contributed by atoms with Gasteiger partial charge in [0.2, 0.25) is 0 Å². The highest BCUT2D eigenvalue weighted by molar-refractivity contribution is 5.75. The molecule has 0 saturated heterocycles. The molecule has 1 heterocycles. The Morgan fingerprint density at radius 3 is 2.94 bits per heavy atom. The molecule has 5 nitrogen and oxygen atoms in total. The highest BCUT2D eigenvalue weighted by Gasteiger charge is 2.17. The Morgan fingerprint density at radius 1 is 1.65 bits per heavy atom. The normalized spacial score (nSPS) is 12.4. The van der Waals surface area contributed by atoms with Crippen LogP contribution in [0.5, 0.6) is 0 Å². The first kappa shape index (κ1) is 13.7. The molecule has 1 N–H and O–H groups in total. The maximum atomic E-state index is 11.5. The number of nitrogens with one attached hydrogen (secondary N) is 1. The minimum atomic E-state index is -0.246. The Morgan fingerprint density at radius 2 is 2.41 bits per heavy atom. The largest absolute Gasteiger partial charge is 0.468 e. The fourth-order valence-corrected chi connectivity index (χ4v) is 1.61. The first-order valence-electron chi connectivity index (χ1n) is 5.97. The van der Waals surface area contributed by atoms with E-state index in [-0.39, 0.29) is 12.0 Å². The molecule has 1 aromatic rings. The molecule has 5 heteroatoms. The fourth-order valence-electron chi connectivity index (χ4n) is 1.61. The van der Waals surface area contributed by atoms with E-state index in [1.54, 1.807) is 0 Å². The van der Waals surface area contributed by atoms with Gasteiger partial charge < -0.3 is 10.1 Å². The van der Waals surface area contributed by atoms with Crippen molar-refractivity contribution < 1.29 is 9.53 Å². The lowest BCUT2D eigenvalue weighted by molar-refractivity contribution is -0.143. The maximum absolute atomic E-state index is 11.5. The van der Waals surface area contributed by atoms with Crippen molar-refractivity contribution in [2.45, 2.75) is 39.3 Å². The van der Waals surface area contributed by atoms with Crippen LogP contribution in [0.25, 0.3) is 0 Å². The van der Waals surface area contributed by atoms with Gasteiger partial charge in [-0.1, -0.05) is 6.92 Å². The second-order valence-corrected chi connectivity index (χ2v) is 4.10. The number of carbonyl (C=O) groups excluding carboxylic acids is 1. The average molecular weight is 239 g/mol. The van der Waals surface area contributed by atoms with Crippen molar-refractivity contribution in [1.82, 2.24) is 15.1 Å². The van der Waals surface area contributed by atoms with Gasteiger partial charge >= 0.3 is 5.97 Å². The van der Waals surface area contributed by atoms with Gasteiger partial charge in [-0.3, -0.25) is 9.48 Å². The fraction of sp³-hybridized carbons (Fsp3) is 0.667. The molecule has 0 bridgehead atoms. The van der Waals surface area contributed by atoms with E-state index in [1.165, 1.54) is 7.11 Å². The third-order valence-electron chi connectivity index (χ3n) is 2.54. The van der Waals surface area contributed by atoms with Crippen LogP contribution in [0.1, 0.15) is 25.3 Å². The average Bonchev–Trinajstić information content (AvgIpc) is 2.74. The van der Waals surface area contributed by atoms with Crippen molar-refractivity contribution >= 4 is 5.97 Å². The summed E-state index contributed by atoms with van der Waals surface area (Å²) >= 11 is 0. The summed E-state index contributed by atoms with van der Waals surface area (Å²) < 4.78 is 6.62. The Kier molecular flexibility index (Phi) is 5.69. The van der Waals surface area contributed by atoms with E-state index in [4.69, 9.17) is 4.74 Å². The summed E-state index contributed by atoms with van der Waals surface area (Å²) in [5, 5.41) is 7.37. The van der Waals surface area contributed by atoms with Crippen LogP contribution in [-0.4, -0.2) is 35.4 Å². The van der Waals surface area contributed by atoms with Gasteiger partial charge in [-0.15, -0.1) is 0 Å².